The third-order valence-electron chi connectivity index (χ3n) is 3.39. The smallest absolute Gasteiger partial charge is 0.271 e. The summed E-state index contributed by atoms with van der Waals surface area (Å²) in [6.45, 7) is 4.19. The number of para-hydroxylation sites is 1. The van der Waals surface area contributed by atoms with Gasteiger partial charge in [0.2, 0.25) is 0 Å². The van der Waals surface area contributed by atoms with Crippen LogP contribution >= 0.6 is 0 Å². The van der Waals surface area contributed by atoms with Crippen molar-refractivity contribution in [3.8, 4) is 0 Å². The summed E-state index contributed by atoms with van der Waals surface area (Å²) in [6, 6.07) is 13.5. The molecule has 1 aromatic carbocycles. The molecule has 6 nitrogen and oxygen atoms in total. The lowest BCUT2D eigenvalue weighted by molar-refractivity contribution is 0.0945. The molecule has 0 saturated carbocycles. The van der Waals surface area contributed by atoms with Gasteiger partial charge in [0.15, 0.2) is 11.5 Å². The van der Waals surface area contributed by atoms with E-state index in [-0.39, 0.29) is 5.91 Å². The predicted octanol–water partition coefficient (Wildman–Crippen LogP) is 1.93. The minimum atomic E-state index is -0.200. The van der Waals surface area contributed by atoms with Gasteiger partial charge in [0.05, 0.1) is 0 Å². The number of carbonyl (C=O) groups excluding carboxylic acids is 1. The van der Waals surface area contributed by atoms with E-state index in [1.54, 1.807) is 6.07 Å². The Morgan fingerprint density at radius 1 is 1.09 bits per heavy atom. The molecule has 0 fully saturated rings. The Balaban J connectivity index is 2.05. The van der Waals surface area contributed by atoms with Crippen LogP contribution in [0.15, 0.2) is 42.5 Å². The van der Waals surface area contributed by atoms with Crippen molar-refractivity contribution in [2.45, 2.75) is 6.92 Å². The van der Waals surface area contributed by atoms with Gasteiger partial charge in [-0.2, -0.15) is 0 Å². The van der Waals surface area contributed by atoms with E-state index in [1.165, 1.54) is 0 Å². The lowest BCUT2D eigenvalue weighted by Crippen LogP contribution is -2.32. The summed E-state index contributed by atoms with van der Waals surface area (Å²) in [6.07, 6.45) is 0. The van der Waals surface area contributed by atoms with Crippen LogP contribution in [0.25, 0.3) is 0 Å². The second-order valence-electron chi connectivity index (χ2n) is 5.42. The van der Waals surface area contributed by atoms with E-state index in [2.05, 4.69) is 22.4 Å². The van der Waals surface area contributed by atoms with Crippen molar-refractivity contribution < 1.29 is 4.79 Å². The van der Waals surface area contributed by atoms with Crippen LogP contribution in [0.4, 0.5) is 11.5 Å². The Bertz CT molecular complexity index is 613. The Morgan fingerprint density at radius 3 is 2.39 bits per heavy atom. The van der Waals surface area contributed by atoms with Crippen LogP contribution < -0.4 is 10.2 Å². The van der Waals surface area contributed by atoms with Gasteiger partial charge in [0.25, 0.3) is 5.91 Å². The number of hydrogen-bond acceptors (Lipinski definition) is 5. The maximum absolute atomic E-state index is 12.0. The van der Waals surface area contributed by atoms with E-state index in [1.807, 2.05) is 60.3 Å². The van der Waals surface area contributed by atoms with Crippen molar-refractivity contribution >= 4 is 17.4 Å². The molecule has 0 unspecified atom stereocenters. The summed E-state index contributed by atoms with van der Waals surface area (Å²) < 4.78 is 0. The number of nitrogens with zero attached hydrogens (tertiary/aromatic N) is 4. The van der Waals surface area contributed by atoms with Crippen molar-refractivity contribution in [2.75, 3.05) is 38.6 Å². The minimum absolute atomic E-state index is 0.200. The van der Waals surface area contributed by atoms with E-state index in [0.29, 0.717) is 12.2 Å². The molecule has 0 radical (unpaired) electrons. The molecule has 1 aromatic heterocycles. The number of hydrogen-bond donors (Lipinski definition) is 1. The second-order valence-corrected chi connectivity index (χ2v) is 5.42. The molecule has 122 valence electrons. The standard InChI is InChI=1S/C17H23N5O/c1-4-22(14-8-6-5-7-9-14)16-11-10-15(19-20-16)17(23)18-12-13-21(2)3/h5-11H,4,12-13H2,1-3H3,(H,18,23). The van der Waals surface area contributed by atoms with Gasteiger partial charge < -0.3 is 15.1 Å². The maximum Gasteiger partial charge on any atom is 0.271 e. The van der Waals surface area contributed by atoms with Crippen molar-refractivity contribution in [1.82, 2.24) is 20.4 Å². The lowest BCUT2D eigenvalue weighted by Gasteiger charge is -2.21. The molecule has 0 saturated heterocycles. The number of nitrogens with one attached hydrogen (secondary N) is 1. The Morgan fingerprint density at radius 2 is 1.83 bits per heavy atom. The van der Waals surface area contributed by atoms with Crippen molar-refractivity contribution in [1.29, 1.82) is 0 Å². The van der Waals surface area contributed by atoms with Crippen LogP contribution in [-0.4, -0.2) is 54.7 Å². The lowest BCUT2D eigenvalue weighted by atomic mass is 10.2. The molecule has 0 bridgehead atoms. The first-order chi connectivity index (χ1) is 11.1. The summed E-state index contributed by atoms with van der Waals surface area (Å²) in [5.74, 6) is 0.525. The van der Waals surface area contributed by atoms with Crippen LogP contribution in [-0.2, 0) is 0 Å². The number of likely N-dealkylation sites (N-methyl/N-ethyl adjacent to an activating group) is 1. The van der Waals surface area contributed by atoms with E-state index >= 15 is 0 Å². The van der Waals surface area contributed by atoms with E-state index in [4.69, 9.17) is 0 Å². The fraction of sp³-hybridized carbons (Fsp3) is 0.353. The topological polar surface area (TPSA) is 61.4 Å². The Labute approximate surface area is 137 Å². The molecule has 2 rings (SSSR count). The fourth-order valence-electron chi connectivity index (χ4n) is 2.16. The van der Waals surface area contributed by atoms with Gasteiger partial charge >= 0.3 is 0 Å². The van der Waals surface area contributed by atoms with Gasteiger partial charge in [-0.1, -0.05) is 18.2 Å². The summed E-state index contributed by atoms with van der Waals surface area (Å²) in [5.41, 5.74) is 1.38. The highest BCUT2D eigenvalue weighted by Gasteiger charge is 2.12. The zero-order valence-corrected chi connectivity index (χ0v) is 13.9. The number of rotatable bonds is 7. The highest BCUT2D eigenvalue weighted by atomic mass is 16.1. The van der Waals surface area contributed by atoms with Crippen LogP contribution in [0.1, 0.15) is 17.4 Å². The Hall–Kier alpha value is -2.47. The molecule has 1 amide bonds. The quantitative estimate of drug-likeness (QED) is 0.846. The van der Waals surface area contributed by atoms with Gasteiger partial charge in [-0.05, 0) is 45.3 Å². The maximum atomic E-state index is 12.0. The van der Waals surface area contributed by atoms with Crippen LogP contribution in [0.3, 0.4) is 0 Å². The SMILES string of the molecule is CCN(c1ccccc1)c1ccc(C(=O)NCCN(C)C)nn1. The van der Waals surface area contributed by atoms with Gasteiger partial charge in [-0.15, -0.1) is 10.2 Å². The summed E-state index contributed by atoms with van der Waals surface area (Å²) in [4.78, 5) is 16.1. The van der Waals surface area contributed by atoms with Crippen molar-refractivity contribution in [3.05, 3.63) is 48.2 Å². The first-order valence-corrected chi connectivity index (χ1v) is 7.71. The number of carbonyl (C=O) groups is 1. The van der Waals surface area contributed by atoms with Crippen LogP contribution in [0.5, 0.6) is 0 Å². The molecule has 2 aromatic rings. The summed E-state index contributed by atoms with van der Waals surface area (Å²) in [7, 11) is 3.92. The van der Waals surface area contributed by atoms with Gasteiger partial charge in [0, 0.05) is 25.3 Å². The zero-order chi connectivity index (χ0) is 16.7. The summed E-state index contributed by atoms with van der Waals surface area (Å²) in [5, 5.41) is 11.1. The van der Waals surface area contributed by atoms with Crippen LogP contribution in [0.2, 0.25) is 0 Å². The molecule has 23 heavy (non-hydrogen) atoms. The van der Waals surface area contributed by atoms with E-state index < -0.39 is 0 Å². The normalized spacial score (nSPS) is 10.6. The first kappa shape index (κ1) is 16.9. The third-order valence-corrected chi connectivity index (χ3v) is 3.39. The van der Waals surface area contributed by atoms with Gasteiger partial charge in [0.1, 0.15) is 0 Å². The zero-order valence-electron chi connectivity index (χ0n) is 13.9. The van der Waals surface area contributed by atoms with Crippen LogP contribution in [0, 0.1) is 0 Å². The van der Waals surface area contributed by atoms with Crippen molar-refractivity contribution in [3.63, 3.8) is 0 Å². The average molecular weight is 313 g/mol. The number of benzene rings is 1. The highest BCUT2D eigenvalue weighted by Crippen LogP contribution is 2.21. The molecule has 1 N–H and O–H groups in total. The summed E-state index contributed by atoms with van der Waals surface area (Å²) >= 11 is 0. The van der Waals surface area contributed by atoms with E-state index in [0.717, 1.165) is 24.6 Å². The van der Waals surface area contributed by atoms with Gasteiger partial charge in [-0.3, -0.25) is 4.79 Å². The average Bonchev–Trinajstić information content (AvgIpc) is 2.57. The molecule has 6 heteroatoms. The predicted molar refractivity (Wildman–Crippen MR) is 92.0 cm³/mol. The number of aromatic nitrogens is 2. The van der Waals surface area contributed by atoms with Gasteiger partial charge in [-0.25, -0.2) is 0 Å². The molecular formula is C17H23N5O. The Kier molecular flexibility index (Phi) is 6.05. The number of amides is 1. The minimum Gasteiger partial charge on any atom is -0.349 e. The second kappa shape index (κ2) is 8.24. The molecular weight excluding hydrogens is 290 g/mol. The molecule has 0 aliphatic heterocycles. The molecule has 0 atom stereocenters. The fourth-order valence-corrected chi connectivity index (χ4v) is 2.16. The third kappa shape index (κ3) is 4.75. The molecule has 0 aliphatic carbocycles. The molecule has 1 heterocycles. The highest BCUT2D eigenvalue weighted by molar-refractivity contribution is 5.92. The monoisotopic (exact) mass is 313 g/mol. The van der Waals surface area contributed by atoms with E-state index in [9.17, 15) is 4.79 Å². The molecule has 0 spiro atoms. The van der Waals surface area contributed by atoms with Crippen molar-refractivity contribution in [2.24, 2.45) is 0 Å². The molecule has 0 aliphatic rings. The number of anilines is 2. The first-order valence-electron chi connectivity index (χ1n) is 7.71. The largest absolute Gasteiger partial charge is 0.349 e.